The predicted molar refractivity (Wildman–Crippen MR) is 39.3 cm³/mol. The first-order valence-electron chi connectivity index (χ1n) is 3.62. The highest BCUT2D eigenvalue weighted by molar-refractivity contribution is 4.67. The summed E-state index contributed by atoms with van der Waals surface area (Å²) < 4.78 is 0. The minimum absolute atomic E-state index is 0.179. The van der Waals surface area contributed by atoms with Crippen molar-refractivity contribution < 1.29 is 5.11 Å². The van der Waals surface area contributed by atoms with E-state index in [0.717, 1.165) is 26.2 Å². The van der Waals surface area contributed by atoms with Crippen LogP contribution in [0.25, 0.3) is 0 Å². The molecule has 10 heavy (non-hydrogen) atoms. The lowest BCUT2D eigenvalue weighted by atomic mass is 10.3. The third-order valence-electron chi connectivity index (χ3n) is 1.92. The zero-order valence-electron chi connectivity index (χ0n) is 6.16. The van der Waals surface area contributed by atoms with Crippen LogP contribution in [0.1, 0.15) is 0 Å². The summed E-state index contributed by atoms with van der Waals surface area (Å²) >= 11 is 0. The fourth-order valence-electron chi connectivity index (χ4n) is 1.11. The highest BCUT2D eigenvalue weighted by atomic mass is 16.3. The van der Waals surface area contributed by atoms with Crippen molar-refractivity contribution in [1.82, 2.24) is 9.80 Å². The maximum Gasteiger partial charge on any atom is 0.0957 e. The molecule has 1 saturated heterocycles. The van der Waals surface area contributed by atoms with Gasteiger partial charge in [-0.25, -0.2) is 0 Å². The van der Waals surface area contributed by atoms with Gasteiger partial charge >= 0.3 is 0 Å². The van der Waals surface area contributed by atoms with E-state index in [-0.39, 0.29) is 6.73 Å². The number of rotatable bonds is 2. The quantitative estimate of drug-likeness (QED) is 0.495. The molecule has 4 heteroatoms. The van der Waals surface area contributed by atoms with Gasteiger partial charge < -0.3 is 10.8 Å². The SMILES string of the molecule is NCN1CCN(CO)CC1. The van der Waals surface area contributed by atoms with E-state index < -0.39 is 0 Å². The second-order valence-electron chi connectivity index (χ2n) is 2.56. The Hall–Kier alpha value is -0.160. The summed E-state index contributed by atoms with van der Waals surface area (Å²) in [5.74, 6) is 0. The minimum atomic E-state index is 0.179. The minimum Gasteiger partial charge on any atom is -0.381 e. The molecule has 4 nitrogen and oxygen atoms in total. The smallest absolute Gasteiger partial charge is 0.0957 e. The van der Waals surface area contributed by atoms with Gasteiger partial charge in [0.1, 0.15) is 0 Å². The van der Waals surface area contributed by atoms with Crippen LogP contribution in [-0.4, -0.2) is 54.5 Å². The zero-order valence-corrected chi connectivity index (χ0v) is 6.16. The highest BCUT2D eigenvalue weighted by Gasteiger charge is 2.13. The fraction of sp³-hybridized carbons (Fsp3) is 1.00. The monoisotopic (exact) mass is 145 g/mol. The Labute approximate surface area is 61.2 Å². The third-order valence-corrected chi connectivity index (χ3v) is 1.92. The molecule has 1 rings (SSSR count). The van der Waals surface area contributed by atoms with Crippen molar-refractivity contribution >= 4 is 0 Å². The molecule has 0 saturated carbocycles. The van der Waals surface area contributed by atoms with E-state index in [0.29, 0.717) is 6.67 Å². The highest BCUT2D eigenvalue weighted by Crippen LogP contribution is 1.97. The number of hydrogen-bond donors (Lipinski definition) is 2. The molecular formula is C6H15N3O. The summed E-state index contributed by atoms with van der Waals surface area (Å²) in [7, 11) is 0. The van der Waals surface area contributed by atoms with Crippen molar-refractivity contribution in [3.05, 3.63) is 0 Å². The summed E-state index contributed by atoms with van der Waals surface area (Å²) in [5, 5.41) is 8.73. The van der Waals surface area contributed by atoms with Crippen LogP contribution in [0.15, 0.2) is 0 Å². The summed E-state index contributed by atoms with van der Waals surface area (Å²) in [4.78, 5) is 4.18. The van der Waals surface area contributed by atoms with Gasteiger partial charge in [0.2, 0.25) is 0 Å². The molecule has 0 aliphatic carbocycles. The van der Waals surface area contributed by atoms with Gasteiger partial charge in [0.25, 0.3) is 0 Å². The second-order valence-corrected chi connectivity index (χ2v) is 2.56. The summed E-state index contributed by atoms with van der Waals surface area (Å²) in [5.41, 5.74) is 5.44. The summed E-state index contributed by atoms with van der Waals surface area (Å²) in [6.07, 6.45) is 0. The van der Waals surface area contributed by atoms with Crippen molar-refractivity contribution in [3.63, 3.8) is 0 Å². The van der Waals surface area contributed by atoms with Crippen molar-refractivity contribution in [2.75, 3.05) is 39.6 Å². The van der Waals surface area contributed by atoms with Gasteiger partial charge in [0.05, 0.1) is 6.73 Å². The van der Waals surface area contributed by atoms with E-state index in [4.69, 9.17) is 10.8 Å². The van der Waals surface area contributed by atoms with Gasteiger partial charge in [-0.15, -0.1) is 0 Å². The van der Waals surface area contributed by atoms with Crippen LogP contribution in [0.2, 0.25) is 0 Å². The Kier molecular flexibility index (Phi) is 3.08. The molecule has 1 aliphatic heterocycles. The molecule has 0 aromatic heterocycles. The summed E-state index contributed by atoms with van der Waals surface area (Å²) in [6.45, 7) is 4.66. The standard InChI is InChI=1S/C6H15N3O/c7-5-8-1-3-9(6-10)4-2-8/h10H,1-7H2. The first kappa shape index (κ1) is 7.94. The van der Waals surface area contributed by atoms with Gasteiger partial charge in [-0.3, -0.25) is 9.80 Å². The molecule has 0 amide bonds. The normalized spacial score (nSPS) is 23.4. The van der Waals surface area contributed by atoms with Gasteiger partial charge in [-0.1, -0.05) is 0 Å². The van der Waals surface area contributed by atoms with E-state index in [1.807, 2.05) is 4.90 Å². The van der Waals surface area contributed by atoms with Crippen LogP contribution in [0.3, 0.4) is 0 Å². The Bertz CT molecular complexity index is 79.0. The van der Waals surface area contributed by atoms with E-state index in [9.17, 15) is 0 Å². The van der Waals surface area contributed by atoms with Gasteiger partial charge in [0, 0.05) is 32.8 Å². The van der Waals surface area contributed by atoms with Crippen LogP contribution in [0.5, 0.6) is 0 Å². The van der Waals surface area contributed by atoms with Crippen molar-refractivity contribution in [2.45, 2.75) is 0 Å². The average Bonchev–Trinajstić information content (AvgIpc) is 2.05. The molecule has 0 atom stereocenters. The third kappa shape index (κ3) is 1.91. The van der Waals surface area contributed by atoms with Crippen molar-refractivity contribution in [1.29, 1.82) is 0 Å². The molecular weight excluding hydrogens is 130 g/mol. The zero-order chi connectivity index (χ0) is 7.40. The van der Waals surface area contributed by atoms with E-state index in [1.54, 1.807) is 0 Å². The second kappa shape index (κ2) is 3.88. The molecule has 0 aromatic rings. The van der Waals surface area contributed by atoms with E-state index in [2.05, 4.69) is 4.90 Å². The van der Waals surface area contributed by atoms with Crippen LogP contribution in [-0.2, 0) is 0 Å². The van der Waals surface area contributed by atoms with Crippen LogP contribution in [0.4, 0.5) is 0 Å². The van der Waals surface area contributed by atoms with Crippen LogP contribution < -0.4 is 5.73 Å². The fourth-order valence-corrected chi connectivity index (χ4v) is 1.11. The van der Waals surface area contributed by atoms with Gasteiger partial charge in [-0.2, -0.15) is 0 Å². The number of aliphatic hydroxyl groups excluding tert-OH is 1. The molecule has 0 spiro atoms. The first-order valence-corrected chi connectivity index (χ1v) is 3.62. The maximum absolute atomic E-state index is 8.73. The van der Waals surface area contributed by atoms with Crippen molar-refractivity contribution in [2.24, 2.45) is 5.73 Å². The predicted octanol–water partition coefficient (Wildman–Crippen LogP) is -1.53. The first-order chi connectivity index (χ1) is 4.86. The lowest BCUT2D eigenvalue weighted by Crippen LogP contribution is -2.48. The lowest BCUT2D eigenvalue weighted by molar-refractivity contribution is 0.0553. The van der Waals surface area contributed by atoms with Gasteiger partial charge in [0.15, 0.2) is 0 Å². The Balaban J connectivity index is 2.17. The molecule has 0 radical (unpaired) electrons. The maximum atomic E-state index is 8.73. The topological polar surface area (TPSA) is 52.7 Å². The number of nitrogens with two attached hydrogens (primary N) is 1. The molecule has 1 fully saturated rings. The Morgan fingerprint density at radius 3 is 2.00 bits per heavy atom. The molecule has 3 N–H and O–H groups in total. The molecule has 1 aliphatic rings. The summed E-state index contributed by atoms with van der Waals surface area (Å²) in [6, 6.07) is 0. The lowest BCUT2D eigenvalue weighted by Gasteiger charge is -2.32. The van der Waals surface area contributed by atoms with E-state index >= 15 is 0 Å². The average molecular weight is 145 g/mol. The molecule has 0 aromatic carbocycles. The number of nitrogens with zero attached hydrogens (tertiary/aromatic N) is 2. The number of piperazine rings is 1. The van der Waals surface area contributed by atoms with Crippen molar-refractivity contribution in [3.8, 4) is 0 Å². The van der Waals surface area contributed by atoms with E-state index in [1.165, 1.54) is 0 Å². The van der Waals surface area contributed by atoms with Gasteiger partial charge in [-0.05, 0) is 0 Å². The number of aliphatic hydroxyl groups is 1. The Morgan fingerprint density at radius 2 is 1.60 bits per heavy atom. The van der Waals surface area contributed by atoms with Crippen LogP contribution in [0, 0.1) is 0 Å². The molecule has 1 heterocycles. The molecule has 60 valence electrons. The molecule has 0 unspecified atom stereocenters. The largest absolute Gasteiger partial charge is 0.381 e. The number of hydrogen-bond acceptors (Lipinski definition) is 4. The van der Waals surface area contributed by atoms with Crippen LogP contribution >= 0.6 is 0 Å². The Morgan fingerprint density at radius 1 is 1.10 bits per heavy atom. The molecule has 0 bridgehead atoms.